The van der Waals surface area contributed by atoms with Crippen LogP contribution in [0.15, 0.2) is 30.6 Å². The highest BCUT2D eigenvalue weighted by Crippen LogP contribution is 2.19. The summed E-state index contributed by atoms with van der Waals surface area (Å²) in [6, 6.07) is 5.20. The van der Waals surface area contributed by atoms with E-state index < -0.39 is 0 Å². The average Bonchev–Trinajstić information content (AvgIpc) is 2.18. The fraction of sp³-hybridized carbons (Fsp3) is 0. The number of nitrogens with two attached hydrogens (primary N) is 2. The maximum Gasteiger partial charge on any atom is 0.165 e. The van der Waals surface area contributed by atoms with E-state index in [1.165, 1.54) is 0 Å². The van der Waals surface area contributed by atoms with Crippen LogP contribution in [0.2, 0.25) is 0 Å². The van der Waals surface area contributed by atoms with Gasteiger partial charge in [0.05, 0.1) is 5.56 Å². The smallest absolute Gasteiger partial charge is 0.165 e. The second-order valence-corrected chi connectivity index (χ2v) is 2.74. The molecular weight excluding hydrogens is 178 g/mol. The molecule has 0 bridgehead atoms. The van der Waals surface area contributed by atoms with E-state index in [2.05, 4.69) is 15.0 Å². The van der Waals surface area contributed by atoms with Gasteiger partial charge in [-0.25, -0.2) is 15.0 Å². The molecule has 5 heteroatoms. The Labute approximate surface area is 80.8 Å². The van der Waals surface area contributed by atoms with Crippen LogP contribution in [0, 0.1) is 0 Å². The van der Waals surface area contributed by atoms with Crippen molar-refractivity contribution >= 4 is 11.6 Å². The Kier molecular flexibility index (Phi) is 1.98. The zero-order chi connectivity index (χ0) is 9.97. The normalized spacial score (nSPS) is 10.0. The van der Waals surface area contributed by atoms with Gasteiger partial charge in [0.2, 0.25) is 0 Å². The van der Waals surface area contributed by atoms with E-state index >= 15 is 0 Å². The van der Waals surface area contributed by atoms with Gasteiger partial charge >= 0.3 is 0 Å². The zero-order valence-corrected chi connectivity index (χ0v) is 7.38. The molecule has 4 N–H and O–H groups in total. The van der Waals surface area contributed by atoms with Crippen molar-refractivity contribution in [1.29, 1.82) is 0 Å². The first-order chi connectivity index (χ1) is 6.77. The van der Waals surface area contributed by atoms with Gasteiger partial charge in [-0.1, -0.05) is 0 Å². The Hall–Kier alpha value is -2.17. The van der Waals surface area contributed by atoms with Crippen molar-refractivity contribution in [2.75, 3.05) is 11.5 Å². The lowest BCUT2D eigenvalue weighted by Crippen LogP contribution is -1.98. The fourth-order valence-electron chi connectivity index (χ4n) is 1.11. The van der Waals surface area contributed by atoms with Gasteiger partial charge in [-0.3, -0.25) is 0 Å². The molecule has 2 rings (SSSR count). The highest BCUT2D eigenvalue weighted by Gasteiger charge is 2.05. The summed E-state index contributed by atoms with van der Waals surface area (Å²) in [6.45, 7) is 0. The number of hydrogen-bond acceptors (Lipinski definition) is 5. The molecule has 0 saturated carbocycles. The predicted octanol–water partition coefficient (Wildman–Crippen LogP) is 0.703. The van der Waals surface area contributed by atoms with Crippen molar-refractivity contribution in [2.45, 2.75) is 0 Å². The standard InChI is InChI=1S/C9H9N5/c10-7-3-5-13-9(14-7)6-2-1-4-12-8(6)11/h1-5H,(H2,11,12)(H2,10,13,14). The second-order valence-electron chi connectivity index (χ2n) is 2.74. The third kappa shape index (κ3) is 1.47. The topological polar surface area (TPSA) is 90.7 Å². The van der Waals surface area contributed by atoms with Crippen molar-refractivity contribution in [1.82, 2.24) is 15.0 Å². The molecule has 2 aromatic rings. The molecule has 70 valence electrons. The molecule has 0 spiro atoms. The molecule has 2 heterocycles. The predicted molar refractivity (Wildman–Crippen MR) is 54.1 cm³/mol. The molecule has 0 aliphatic heterocycles. The van der Waals surface area contributed by atoms with Gasteiger partial charge in [0.1, 0.15) is 11.6 Å². The Morgan fingerprint density at radius 1 is 1.00 bits per heavy atom. The Bertz CT molecular complexity index is 454. The van der Waals surface area contributed by atoms with Crippen LogP contribution in [-0.2, 0) is 0 Å². The molecule has 0 amide bonds. The van der Waals surface area contributed by atoms with Gasteiger partial charge in [-0.2, -0.15) is 0 Å². The summed E-state index contributed by atoms with van der Waals surface area (Å²) < 4.78 is 0. The zero-order valence-electron chi connectivity index (χ0n) is 7.38. The molecule has 5 nitrogen and oxygen atoms in total. The largest absolute Gasteiger partial charge is 0.384 e. The molecule has 0 unspecified atom stereocenters. The molecule has 0 saturated heterocycles. The van der Waals surface area contributed by atoms with Gasteiger partial charge in [-0.15, -0.1) is 0 Å². The lowest BCUT2D eigenvalue weighted by atomic mass is 10.2. The molecule has 0 aliphatic carbocycles. The van der Waals surface area contributed by atoms with E-state index in [4.69, 9.17) is 11.5 Å². The van der Waals surface area contributed by atoms with Crippen LogP contribution >= 0.6 is 0 Å². The number of rotatable bonds is 1. The maximum absolute atomic E-state index is 5.67. The van der Waals surface area contributed by atoms with Crippen molar-refractivity contribution in [2.24, 2.45) is 0 Å². The number of hydrogen-bond donors (Lipinski definition) is 2. The SMILES string of the molecule is Nc1ccnc(-c2cccnc2N)n1. The van der Waals surface area contributed by atoms with E-state index in [1.807, 2.05) is 0 Å². The van der Waals surface area contributed by atoms with Crippen LogP contribution in [0.25, 0.3) is 11.4 Å². The summed E-state index contributed by atoms with van der Waals surface area (Å²) >= 11 is 0. The van der Waals surface area contributed by atoms with Crippen molar-refractivity contribution < 1.29 is 0 Å². The molecule has 0 fully saturated rings. The monoisotopic (exact) mass is 187 g/mol. The molecule has 0 radical (unpaired) electrons. The van der Waals surface area contributed by atoms with E-state index in [-0.39, 0.29) is 0 Å². The van der Waals surface area contributed by atoms with Crippen LogP contribution in [0.1, 0.15) is 0 Å². The number of nitrogens with zero attached hydrogens (tertiary/aromatic N) is 3. The summed E-state index contributed by atoms with van der Waals surface area (Å²) in [6.07, 6.45) is 3.20. The van der Waals surface area contributed by atoms with E-state index in [0.717, 1.165) is 0 Å². The summed E-state index contributed by atoms with van der Waals surface area (Å²) in [5.41, 5.74) is 11.9. The highest BCUT2D eigenvalue weighted by atomic mass is 14.9. The summed E-state index contributed by atoms with van der Waals surface area (Å²) in [5, 5.41) is 0. The first-order valence-electron chi connectivity index (χ1n) is 4.07. The Morgan fingerprint density at radius 2 is 1.86 bits per heavy atom. The van der Waals surface area contributed by atoms with E-state index in [9.17, 15) is 0 Å². The minimum atomic E-state index is 0.401. The number of pyridine rings is 1. The van der Waals surface area contributed by atoms with Gasteiger partial charge in [-0.05, 0) is 18.2 Å². The number of aromatic nitrogens is 3. The van der Waals surface area contributed by atoms with Crippen molar-refractivity contribution in [3.8, 4) is 11.4 Å². The van der Waals surface area contributed by atoms with Gasteiger partial charge in [0.15, 0.2) is 5.82 Å². The quantitative estimate of drug-likeness (QED) is 0.685. The Morgan fingerprint density at radius 3 is 2.57 bits per heavy atom. The van der Waals surface area contributed by atoms with E-state index in [1.54, 1.807) is 30.6 Å². The molecule has 0 aliphatic rings. The van der Waals surface area contributed by atoms with Crippen LogP contribution in [-0.4, -0.2) is 15.0 Å². The molecule has 2 aromatic heterocycles. The third-order valence-corrected chi connectivity index (χ3v) is 1.76. The minimum absolute atomic E-state index is 0.401. The third-order valence-electron chi connectivity index (χ3n) is 1.76. The fourth-order valence-corrected chi connectivity index (χ4v) is 1.11. The lowest BCUT2D eigenvalue weighted by molar-refractivity contribution is 1.17. The van der Waals surface area contributed by atoms with Crippen molar-refractivity contribution in [3.63, 3.8) is 0 Å². The van der Waals surface area contributed by atoms with Gasteiger partial charge in [0, 0.05) is 12.4 Å². The molecular formula is C9H9N5. The second kappa shape index (κ2) is 3.29. The first-order valence-corrected chi connectivity index (χ1v) is 4.07. The summed E-state index contributed by atoms with van der Waals surface area (Å²) in [5.74, 6) is 1.31. The number of anilines is 2. The summed E-state index contributed by atoms with van der Waals surface area (Å²) in [4.78, 5) is 12.1. The van der Waals surface area contributed by atoms with Gasteiger partial charge < -0.3 is 11.5 Å². The molecule has 0 aromatic carbocycles. The van der Waals surface area contributed by atoms with Crippen LogP contribution < -0.4 is 11.5 Å². The highest BCUT2D eigenvalue weighted by molar-refractivity contribution is 5.68. The number of nitrogen functional groups attached to an aromatic ring is 2. The molecule has 14 heavy (non-hydrogen) atoms. The van der Waals surface area contributed by atoms with Crippen LogP contribution in [0.4, 0.5) is 11.6 Å². The lowest BCUT2D eigenvalue weighted by Gasteiger charge is -2.02. The Balaban J connectivity index is 2.55. The minimum Gasteiger partial charge on any atom is -0.384 e. The van der Waals surface area contributed by atoms with E-state index in [0.29, 0.717) is 23.0 Å². The van der Waals surface area contributed by atoms with Crippen molar-refractivity contribution in [3.05, 3.63) is 30.6 Å². The average molecular weight is 187 g/mol. The van der Waals surface area contributed by atoms with Crippen LogP contribution in [0.5, 0.6) is 0 Å². The first kappa shape index (κ1) is 8.43. The maximum atomic E-state index is 5.67. The van der Waals surface area contributed by atoms with Crippen LogP contribution in [0.3, 0.4) is 0 Å². The summed E-state index contributed by atoms with van der Waals surface area (Å²) in [7, 11) is 0. The van der Waals surface area contributed by atoms with Gasteiger partial charge in [0.25, 0.3) is 0 Å². The molecule has 0 atom stereocenters.